The summed E-state index contributed by atoms with van der Waals surface area (Å²) >= 11 is 22.7. The van der Waals surface area contributed by atoms with Gasteiger partial charge in [0.15, 0.2) is 0 Å². The third-order valence-corrected chi connectivity index (χ3v) is 11.4. The Labute approximate surface area is 246 Å². The molecule has 0 atom stereocenters. The number of carbonyl (C=O) groups is 4. The summed E-state index contributed by atoms with van der Waals surface area (Å²) in [5.74, 6) is -2.62. The minimum Gasteiger partial charge on any atom is -0.465 e. The summed E-state index contributed by atoms with van der Waals surface area (Å²) < 4.78 is 23.0. The van der Waals surface area contributed by atoms with Crippen molar-refractivity contribution in [3.63, 3.8) is 0 Å². The number of hydrogen-bond acceptors (Lipinski definition) is 15. The molecule has 37 heavy (non-hydrogen) atoms. The normalized spacial score (nSPS) is 15.3. The van der Waals surface area contributed by atoms with E-state index in [1.54, 1.807) is 4.57 Å². The summed E-state index contributed by atoms with van der Waals surface area (Å²) in [7, 11) is 4.84. The average molecular weight is 658 g/mol. The van der Waals surface area contributed by atoms with E-state index < -0.39 is 23.9 Å². The lowest BCUT2D eigenvalue weighted by molar-refractivity contribution is -0.138. The monoisotopic (exact) mass is 657 g/mol. The van der Waals surface area contributed by atoms with Crippen LogP contribution in [0.4, 0.5) is 0 Å². The molecule has 0 aliphatic carbocycles. The number of rotatable bonds is 6. The Bertz CT molecular complexity index is 1340. The van der Waals surface area contributed by atoms with Crippen molar-refractivity contribution in [2.24, 2.45) is 0 Å². The van der Waals surface area contributed by atoms with Crippen LogP contribution in [0.5, 0.6) is 0 Å². The van der Waals surface area contributed by atoms with Crippen molar-refractivity contribution in [1.29, 1.82) is 0 Å². The number of hydrogen-bond donors (Lipinski definition) is 0. The van der Waals surface area contributed by atoms with Crippen LogP contribution in [-0.2, 0) is 44.7 Å². The second kappa shape index (κ2) is 13.2. The van der Waals surface area contributed by atoms with E-state index in [-0.39, 0.29) is 32.0 Å². The van der Waals surface area contributed by atoms with Crippen molar-refractivity contribution >= 4 is 127 Å². The molecule has 0 unspecified atom stereocenters. The van der Waals surface area contributed by atoms with Gasteiger partial charge in [0.2, 0.25) is 0 Å². The number of halogens is 1. The van der Waals surface area contributed by atoms with E-state index in [1.807, 2.05) is 0 Å². The largest absolute Gasteiger partial charge is 0.465 e. The predicted molar refractivity (Wildman–Crippen MR) is 153 cm³/mol. The first-order chi connectivity index (χ1) is 17.6. The molecule has 2 aliphatic heterocycles. The van der Waals surface area contributed by atoms with Gasteiger partial charge in [-0.3, -0.25) is 0 Å². The average Bonchev–Trinajstić information content (AvgIpc) is 3.52. The molecule has 0 saturated heterocycles. The summed E-state index contributed by atoms with van der Waals surface area (Å²) in [6.07, 6.45) is 0. The van der Waals surface area contributed by atoms with Gasteiger partial charge in [-0.15, -0.1) is 22.9 Å². The molecule has 0 N–H and O–H groups in total. The Hall–Kier alpha value is -1.27. The molecule has 0 amide bonds. The number of nitrogens with zero attached hydrogens (tertiary/aromatic N) is 1. The standard InChI is InChI=1S/C20H16ClNO8S7/c1-27-13(23)9-10(14(24)28-2)34-19(33-9)7-17(31)37-18(32)8(22(7)6-5-21)20-35-11(15(25)29-3)12(36-20)16(26)30-4/h5-6H2,1-4H3. The van der Waals surface area contributed by atoms with Crippen molar-refractivity contribution in [2.45, 2.75) is 6.54 Å². The van der Waals surface area contributed by atoms with Gasteiger partial charge in [0.1, 0.15) is 27.3 Å². The van der Waals surface area contributed by atoms with Gasteiger partial charge < -0.3 is 23.5 Å². The van der Waals surface area contributed by atoms with Gasteiger partial charge >= 0.3 is 23.9 Å². The molecular formula is C20H16ClNO8S7. The molecule has 1 aromatic rings. The summed E-state index contributed by atoms with van der Waals surface area (Å²) in [5, 5.41) is 0.999. The van der Waals surface area contributed by atoms with E-state index >= 15 is 0 Å². The second-order valence-electron chi connectivity index (χ2n) is 6.48. The van der Waals surface area contributed by atoms with E-state index in [2.05, 4.69) is 0 Å². The molecular weight excluding hydrogens is 642 g/mol. The maximum absolute atomic E-state index is 12.4. The lowest BCUT2D eigenvalue weighted by Crippen LogP contribution is -2.36. The van der Waals surface area contributed by atoms with Crippen molar-refractivity contribution < 1.29 is 38.1 Å². The van der Waals surface area contributed by atoms with E-state index in [0.717, 1.165) is 58.4 Å². The van der Waals surface area contributed by atoms with Crippen LogP contribution in [0.2, 0.25) is 0 Å². The van der Waals surface area contributed by atoms with E-state index in [9.17, 15) is 19.2 Å². The number of ether oxygens (including phenoxy) is 4. The number of esters is 4. The van der Waals surface area contributed by atoms with Gasteiger partial charge in [0, 0.05) is 12.4 Å². The van der Waals surface area contributed by atoms with E-state index in [4.69, 9.17) is 55.0 Å². The van der Waals surface area contributed by atoms with Crippen LogP contribution in [0.3, 0.4) is 0 Å². The fraction of sp³-hybridized carbons (Fsp3) is 0.300. The number of alkyl halides is 1. The van der Waals surface area contributed by atoms with Crippen molar-refractivity contribution in [2.75, 3.05) is 34.3 Å². The summed E-state index contributed by atoms with van der Waals surface area (Å²) in [4.78, 5) is 49.8. The Morgan fingerprint density at radius 3 is 1.22 bits per heavy atom. The molecule has 198 valence electrons. The van der Waals surface area contributed by atoms with Gasteiger partial charge in [-0.2, -0.15) is 0 Å². The van der Waals surface area contributed by atoms with Crippen LogP contribution in [0.25, 0.3) is 8.47 Å². The number of methoxy groups -OCH3 is 4. The van der Waals surface area contributed by atoms with E-state index in [1.165, 1.54) is 28.4 Å². The third-order valence-electron chi connectivity index (χ3n) is 4.48. The molecule has 3 rings (SSSR count). The summed E-state index contributed by atoms with van der Waals surface area (Å²) in [6.45, 7) is 0.241. The number of aromatic nitrogens is 1. The maximum Gasteiger partial charge on any atom is 0.346 e. The number of carbonyl (C=O) groups excluding carboxylic acids is 4. The SMILES string of the molecule is COC(=O)C1=C(C(=O)OC)SC(=c2c(=S)sc(=S)c(=C3SC(C(=O)OC)=C(C(=O)OC)S3)n2CCCl)S1. The molecule has 0 spiro atoms. The topological polar surface area (TPSA) is 110 Å². The highest BCUT2D eigenvalue weighted by atomic mass is 35.5. The summed E-state index contributed by atoms with van der Waals surface area (Å²) in [6, 6.07) is 0. The lowest BCUT2D eigenvalue weighted by Gasteiger charge is -2.12. The Kier molecular flexibility index (Phi) is 10.8. The van der Waals surface area contributed by atoms with Gasteiger partial charge in [-0.1, -0.05) is 71.5 Å². The summed E-state index contributed by atoms with van der Waals surface area (Å²) in [5.41, 5.74) is 0. The molecule has 3 heterocycles. The van der Waals surface area contributed by atoms with Gasteiger partial charge in [-0.25, -0.2) is 19.2 Å². The third kappa shape index (κ3) is 6.16. The minimum atomic E-state index is -0.697. The van der Waals surface area contributed by atoms with Crippen LogP contribution in [0, 0.1) is 7.65 Å². The highest BCUT2D eigenvalue weighted by molar-refractivity contribution is 8.37. The first-order valence-electron chi connectivity index (χ1n) is 9.75. The van der Waals surface area contributed by atoms with Gasteiger partial charge in [-0.05, 0) is 0 Å². The van der Waals surface area contributed by atoms with Crippen LogP contribution in [0.1, 0.15) is 0 Å². The van der Waals surface area contributed by atoms with Crippen molar-refractivity contribution in [3.8, 4) is 0 Å². The van der Waals surface area contributed by atoms with Gasteiger partial charge in [0.05, 0.1) is 47.6 Å². The zero-order valence-corrected chi connectivity index (χ0v) is 25.8. The quantitative estimate of drug-likeness (QED) is 0.193. The smallest absolute Gasteiger partial charge is 0.346 e. The first-order valence-corrected chi connectivity index (χ1v) is 15.2. The highest BCUT2D eigenvalue weighted by Crippen LogP contribution is 2.51. The van der Waals surface area contributed by atoms with Crippen molar-refractivity contribution in [1.82, 2.24) is 4.57 Å². The Balaban J connectivity index is 2.35. The van der Waals surface area contributed by atoms with Crippen LogP contribution >= 0.6 is 94.4 Å². The molecule has 17 heteroatoms. The Morgan fingerprint density at radius 1 is 0.676 bits per heavy atom. The molecule has 0 saturated carbocycles. The maximum atomic E-state index is 12.4. The van der Waals surface area contributed by atoms with Crippen LogP contribution in [0.15, 0.2) is 19.6 Å². The zero-order valence-electron chi connectivity index (χ0n) is 19.4. The molecule has 0 radical (unpaired) electrons. The molecule has 9 nitrogen and oxygen atoms in total. The van der Waals surface area contributed by atoms with Crippen LogP contribution < -0.4 is 10.7 Å². The zero-order chi connectivity index (χ0) is 27.4. The van der Waals surface area contributed by atoms with E-state index in [0.29, 0.717) is 26.8 Å². The minimum absolute atomic E-state index is 0.0649. The molecule has 1 aromatic heterocycles. The fourth-order valence-corrected chi connectivity index (χ4v) is 10.6. The molecule has 0 bridgehead atoms. The first kappa shape index (κ1) is 30.3. The molecule has 0 fully saturated rings. The van der Waals surface area contributed by atoms with Gasteiger partial charge in [0.25, 0.3) is 0 Å². The fourth-order valence-electron chi connectivity index (χ4n) is 2.91. The Morgan fingerprint density at radius 2 is 0.973 bits per heavy atom. The second-order valence-corrected chi connectivity index (χ2v) is 13.8. The predicted octanol–water partition coefficient (Wildman–Crippen LogP) is 3.45. The number of thioether (sulfide) groups is 4. The lowest BCUT2D eigenvalue weighted by atomic mass is 10.5. The molecule has 2 aliphatic rings. The highest BCUT2D eigenvalue weighted by Gasteiger charge is 2.35. The van der Waals surface area contributed by atoms with Crippen LogP contribution in [-0.4, -0.2) is 62.8 Å². The molecule has 0 aromatic carbocycles. The van der Waals surface area contributed by atoms with Crippen molar-refractivity contribution in [3.05, 3.63) is 38.0 Å².